The molecule has 0 bridgehead atoms. The summed E-state index contributed by atoms with van der Waals surface area (Å²) in [5, 5.41) is 20.5. The summed E-state index contributed by atoms with van der Waals surface area (Å²) in [7, 11) is -3.47. The van der Waals surface area contributed by atoms with Crippen LogP contribution in [0, 0.1) is 11.3 Å². The first-order valence-electron chi connectivity index (χ1n) is 11.9. The topological polar surface area (TPSA) is 125 Å². The van der Waals surface area contributed by atoms with E-state index in [2.05, 4.69) is 20.8 Å². The molecule has 0 saturated carbocycles. The van der Waals surface area contributed by atoms with Gasteiger partial charge < -0.3 is 9.84 Å². The Morgan fingerprint density at radius 1 is 1.10 bits per heavy atom. The lowest BCUT2D eigenvalue weighted by Gasteiger charge is -2.27. The zero-order valence-electron chi connectivity index (χ0n) is 21.4. The number of nitriles is 1. The second-order valence-electron chi connectivity index (χ2n) is 9.61. The molecule has 11 heteroatoms. The highest BCUT2D eigenvalue weighted by molar-refractivity contribution is 7.91. The number of hydrogen-bond acceptors (Lipinski definition) is 7. The number of halogens is 2. The van der Waals surface area contributed by atoms with E-state index in [1.165, 1.54) is 0 Å². The Morgan fingerprint density at radius 2 is 1.79 bits per heavy atom. The van der Waals surface area contributed by atoms with Gasteiger partial charge in [-0.25, -0.2) is 18.4 Å². The normalized spacial score (nSPS) is 12.6. The molecule has 1 heterocycles. The van der Waals surface area contributed by atoms with Crippen molar-refractivity contribution >= 4 is 50.1 Å². The molecule has 0 amide bonds. The summed E-state index contributed by atoms with van der Waals surface area (Å²) in [5.41, 5.74) is 4.19. The van der Waals surface area contributed by atoms with E-state index in [-0.39, 0.29) is 34.8 Å². The molecule has 0 aliphatic heterocycles. The van der Waals surface area contributed by atoms with Crippen molar-refractivity contribution in [3.05, 3.63) is 82.5 Å². The average Bonchev–Trinajstić information content (AvgIpc) is 2.90. The van der Waals surface area contributed by atoms with Crippen molar-refractivity contribution in [2.45, 2.75) is 25.4 Å². The van der Waals surface area contributed by atoms with E-state index < -0.39 is 21.5 Å². The maximum Gasteiger partial charge on any atom is 0.237 e. The molecule has 1 aromatic heterocycles. The van der Waals surface area contributed by atoms with Gasteiger partial charge in [-0.3, -0.25) is 4.72 Å². The van der Waals surface area contributed by atoms with Crippen molar-refractivity contribution in [1.29, 1.82) is 5.26 Å². The van der Waals surface area contributed by atoms with Gasteiger partial charge >= 0.3 is 0 Å². The maximum atomic E-state index is 11.5. The monoisotopic (exact) mass is 584 g/mol. The van der Waals surface area contributed by atoms with Crippen molar-refractivity contribution in [1.82, 2.24) is 9.97 Å². The molecule has 0 spiro atoms. The molecule has 0 saturated heterocycles. The van der Waals surface area contributed by atoms with Gasteiger partial charge in [0.15, 0.2) is 5.75 Å². The predicted molar refractivity (Wildman–Crippen MR) is 154 cm³/mol. The summed E-state index contributed by atoms with van der Waals surface area (Å²) in [6.07, 6.45) is 1.76. The van der Waals surface area contributed by atoms with Gasteiger partial charge in [0.25, 0.3) is 0 Å². The van der Waals surface area contributed by atoms with Gasteiger partial charge in [0.05, 0.1) is 28.2 Å². The Kier molecular flexibility index (Phi) is 8.33. The number of benzene rings is 3. The first-order valence-corrected chi connectivity index (χ1v) is 14.7. The van der Waals surface area contributed by atoms with Gasteiger partial charge in [-0.2, -0.15) is 5.26 Å². The van der Waals surface area contributed by atoms with Crippen LogP contribution in [0.5, 0.6) is 5.75 Å². The number of anilines is 1. The molecule has 1 atom stereocenters. The number of nitrogens with one attached hydrogen (secondary N) is 1. The number of nitrogens with zero attached hydrogens (tertiary/aromatic N) is 3. The summed E-state index contributed by atoms with van der Waals surface area (Å²) >= 11 is 12.1. The lowest BCUT2D eigenvalue weighted by molar-refractivity contribution is 0.125. The van der Waals surface area contributed by atoms with E-state index in [0.29, 0.717) is 5.52 Å². The Bertz CT molecular complexity index is 1670. The minimum atomic E-state index is -3.47. The SMILES string of the molecule is CC(C)(c1ccc(-c2ccc3nc(NS(C)(=O)=O)ncc3c2)cc1)c1cc(Cl)c(OCC(O)CCl)c(C#N)c1. The first-order chi connectivity index (χ1) is 18.4. The molecule has 0 fully saturated rings. The molecule has 2 N–H and O–H groups in total. The van der Waals surface area contributed by atoms with Crippen LogP contribution in [0.15, 0.2) is 60.8 Å². The number of alkyl halides is 1. The lowest BCUT2D eigenvalue weighted by atomic mass is 9.77. The Hall–Kier alpha value is -3.42. The standard InChI is InChI=1S/C28H26Cl2N4O4S/c1-28(2,22-11-19(14-31)26(24(30)12-22)38-16-23(35)13-29)21-7-4-17(5-8-21)18-6-9-25-20(10-18)15-32-27(33-25)34-39(3,36)37/h4-12,15,23,35H,13,16H2,1-3H3,(H,32,33,34). The van der Waals surface area contributed by atoms with Crippen LogP contribution in [0.2, 0.25) is 5.02 Å². The van der Waals surface area contributed by atoms with E-state index >= 15 is 0 Å². The van der Waals surface area contributed by atoms with Crippen LogP contribution in [0.1, 0.15) is 30.5 Å². The zero-order valence-corrected chi connectivity index (χ0v) is 23.8. The van der Waals surface area contributed by atoms with Crippen molar-refractivity contribution in [2.24, 2.45) is 0 Å². The number of aromatic nitrogens is 2. The van der Waals surface area contributed by atoms with Crippen molar-refractivity contribution in [3.8, 4) is 22.9 Å². The first kappa shape index (κ1) is 28.6. The summed E-state index contributed by atoms with van der Waals surface area (Å²) < 4.78 is 30.8. The Balaban J connectivity index is 1.60. The minimum absolute atomic E-state index is 0.0113. The Labute approximate surface area is 237 Å². The highest BCUT2D eigenvalue weighted by atomic mass is 35.5. The Morgan fingerprint density at radius 3 is 2.44 bits per heavy atom. The van der Waals surface area contributed by atoms with Gasteiger partial charge in [0.2, 0.25) is 16.0 Å². The number of sulfonamides is 1. The molecule has 39 heavy (non-hydrogen) atoms. The molecular formula is C28H26Cl2N4O4S. The number of fused-ring (bicyclic) bond motifs is 1. The van der Waals surface area contributed by atoms with E-state index in [4.69, 9.17) is 27.9 Å². The fourth-order valence-corrected chi connectivity index (χ4v) is 4.88. The highest BCUT2D eigenvalue weighted by Gasteiger charge is 2.26. The third kappa shape index (κ3) is 6.60. The van der Waals surface area contributed by atoms with Crippen LogP contribution in [0.3, 0.4) is 0 Å². The van der Waals surface area contributed by atoms with Crippen molar-refractivity contribution in [2.75, 3.05) is 23.5 Å². The van der Waals surface area contributed by atoms with E-state index in [9.17, 15) is 18.8 Å². The molecule has 4 rings (SSSR count). The number of rotatable bonds is 9. The fraction of sp³-hybridized carbons (Fsp3) is 0.250. The van der Waals surface area contributed by atoms with Gasteiger partial charge in [-0.1, -0.05) is 55.8 Å². The summed E-state index contributed by atoms with van der Waals surface area (Å²) in [6, 6.07) is 19.4. The van der Waals surface area contributed by atoms with Crippen LogP contribution in [0.4, 0.5) is 5.95 Å². The number of aliphatic hydroxyl groups is 1. The van der Waals surface area contributed by atoms with E-state index in [1.54, 1.807) is 18.3 Å². The summed E-state index contributed by atoms with van der Waals surface area (Å²) in [5.74, 6) is 0.256. The van der Waals surface area contributed by atoms with Gasteiger partial charge in [-0.15, -0.1) is 11.6 Å². The van der Waals surface area contributed by atoms with Crippen LogP contribution in [-0.2, 0) is 15.4 Å². The molecule has 3 aromatic carbocycles. The zero-order chi connectivity index (χ0) is 28.4. The van der Waals surface area contributed by atoms with Gasteiger partial charge in [-0.05, 0) is 46.5 Å². The lowest BCUT2D eigenvalue weighted by Crippen LogP contribution is -2.21. The largest absolute Gasteiger partial charge is 0.488 e. The molecule has 0 aliphatic rings. The quantitative estimate of drug-likeness (QED) is 0.249. The van der Waals surface area contributed by atoms with Crippen LogP contribution < -0.4 is 9.46 Å². The average molecular weight is 586 g/mol. The second kappa shape index (κ2) is 11.4. The number of aliphatic hydroxyl groups excluding tert-OH is 1. The molecule has 202 valence electrons. The summed E-state index contributed by atoms with van der Waals surface area (Å²) in [4.78, 5) is 8.36. The maximum absolute atomic E-state index is 11.5. The summed E-state index contributed by atoms with van der Waals surface area (Å²) in [6.45, 7) is 4.02. The molecule has 0 radical (unpaired) electrons. The smallest absolute Gasteiger partial charge is 0.237 e. The number of ether oxygens (including phenoxy) is 1. The van der Waals surface area contributed by atoms with E-state index in [1.807, 2.05) is 56.3 Å². The van der Waals surface area contributed by atoms with Crippen LogP contribution >= 0.6 is 23.2 Å². The molecule has 8 nitrogen and oxygen atoms in total. The molecular weight excluding hydrogens is 559 g/mol. The highest BCUT2D eigenvalue weighted by Crippen LogP contribution is 2.39. The van der Waals surface area contributed by atoms with E-state index in [0.717, 1.165) is 33.9 Å². The molecule has 1 unspecified atom stereocenters. The van der Waals surface area contributed by atoms with Crippen LogP contribution in [0.25, 0.3) is 22.0 Å². The third-order valence-corrected chi connectivity index (χ3v) is 7.47. The molecule has 0 aliphatic carbocycles. The van der Waals surface area contributed by atoms with Crippen LogP contribution in [-0.4, -0.2) is 48.3 Å². The number of hydrogen-bond donors (Lipinski definition) is 2. The van der Waals surface area contributed by atoms with Crippen molar-refractivity contribution < 1.29 is 18.3 Å². The van der Waals surface area contributed by atoms with Gasteiger partial charge in [0, 0.05) is 17.0 Å². The van der Waals surface area contributed by atoms with Crippen molar-refractivity contribution in [3.63, 3.8) is 0 Å². The second-order valence-corrected chi connectivity index (χ2v) is 12.1. The minimum Gasteiger partial charge on any atom is -0.488 e. The molecule has 4 aromatic rings. The predicted octanol–water partition coefficient (Wildman–Crippen LogP) is 5.50. The fourth-order valence-electron chi connectivity index (χ4n) is 4.08. The van der Waals surface area contributed by atoms with Gasteiger partial charge in [0.1, 0.15) is 18.8 Å². The third-order valence-electron chi connectivity index (χ3n) is 6.28.